The van der Waals surface area contributed by atoms with E-state index in [2.05, 4.69) is 37.5 Å². The first-order valence-electron chi connectivity index (χ1n) is 10.1. The van der Waals surface area contributed by atoms with Crippen molar-refractivity contribution in [3.05, 3.63) is 53.6 Å². The molecule has 4 aromatic rings. The van der Waals surface area contributed by atoms with Crippen LogP contribution in [0.25, 0.3) is 16.9 Å². The number of ether oxygens (including phenoxy) is 1. The van der Waals surface area contributed by atoms with Crippen molar-refractivity contribution >= 4 is 22.6 Å². The lowest BCUT2D eigenvalue weighted by atomic mass is 10.2. The van der Waals surface area contributed by atoms with Crippen LogP contribution in [-0.2, 0) is 12.6 Å². The van der Waals surface area contributed by atoms with Crippen LogP contribution in [0.5, 0.6) is 5.88 Å². The molecule has 0 bridgehead atoms. The predicted octanol–water partition coefficient (Wildman–Crippen LogP) is 4.16. The van der Waals surface area contributed by atoms with E-state index in [1.54, 1.807) is 18.2 Å². The Morgan fingerprint density at radius 3 is 2.70 bits per heavy atom. The molecule has 0 saturated carbocycles. The van der Waals surface area contributed by atoms with Gasteiger partial charge >= 0.3 is 6.18 Å². The van der Waals surface area contributed by atoms with Gasteiger partial charge in [-0.25, -0.2) is 9.67 Å². The highest BCUT2D eigenvalue weighted by Crippen LogP contribution is 2.34. The molecule has 4 rings (SSSR count). The minimum atomic E-state index is -4.87. The molecule has 0 spiro atoms. The predicted molar refractivity (Wildman–Crippen MR) is 113 cm³/mol. The fourth-order valence-corrected chi connectivity index (χ4v) is 3.30. The number of hydrogen-bond acceptors (Lipinski definition) is 6. The summed E-state index contributed by atoms with van der Waals surface area (Å²) in [6, 6.07) is 7.51. The van der Waals surface area contributed by atoms with E-state index in [1.165, 1.54) is 19.2 Å². The summed E-state index contributed by atoms with van der Waals surface area (Å²) >= 11 is 0. The Morgan fingerprint density at radius 2 is 2.03 bits per heavy atom. The number of alkyl halides is 3. The second-order valence-corrected chi connectivity index (χ2v) is 7.22. The van der Waals surface area contributed by atoms with Crippen LogP contribution in [0.4, 0.5) is 18.9 Å². The van der Waals surface area contributed by atoms with E-state index in [9.17, 15) is 18.0 Å². The smallest absolute Gasteiger partial charge is 0.434 e. The first-order valence-corrected chi connectivity index (χ1v) is 10.1. The molecule has 12 heteroatoms. The van der Waals surface area contributed by atoms with Crippen LogP contribution in [0.15, 0.2) is 36.5 Å². The molecule has 172 valence electrons. The van der Waals surface area contributed by atoms with E-state index in [0.29, 0.717) is 21.4 Å². The number of carbonyl (C=O) groups is 1. The number of carbonyl (C=O) groups excluding carboxylic acids is 1. The number of aromatic amines is 1. The minimum absolute atomic E-state index is 0.129. The molecule has 0 radical (unpaired) electrons. The minimum Gasteiger partial charge on any atom is -0.480 e. The maximum absolute atomic E-state index is 13.9. The average Bonchev–Trinajstić information content (AvgIpc) is 3.41. The summed E-state index contributed by atoms with van der Waals surface area (Å²) < 4.78 is 47.0. The number of rotatable bonds is 7. The standard InChI is InChI=1S/C21H20F3N7O2/c1-3-4-5-16-27-14-7-6-12(10-15(14)28-16)26-20(32)13-11-25-31(19(13)21(22,23)24)17-8-9-18(33-2)30-29-17/h6-11H,3-5H2,1-2H3,(H,26,32)(H,27,28). The summed E-state index contributed by atoms with van der Waals surface area (Å²) in [5, 5.41) is 13.6. The van der Waals surface area contributed by atoms with Crippen molar-refractivity contribution in [2.75, 3.05) is 12.4 Å². The number of benzene rings is 1. The molecule has 0 unspecified atom stereocenters. The maximum atomic E-state index is 13.9. The van der Waals surface area contributed by atoms with Crippen molar-refractivity contribution in [1.82, 2.24) is 29.9 Å². The molecule has 1 aromatic carbocycles. The Labute approximate surface area is 186 Å². The largest absolute Gasteiger partial charge is 0.480 e. The van der Waals surface area contributed by atoms with Gasteiger partial charge in [0.05, 0.1) is 29.9 Å². The zero-order valence-corrected chi connectivity index (χ0v) is 17.8. The third-order valence-corrected chi connectivity index (χ3v) is 4.89. The highest BCUT2D eigenvalue weighted by molar-refractivity contribution is 6.05. The van der Waals surface area contributed by atoms with E-state index in [-0.39, 0.29) is 11.7 Å². The topological polar surface area (TPSA) is 111 Å². The molecule has 0 atom stereocenters. The summed E-state index contributed by atoms with van der Waals surface area (Å²) in [6.07, 6.45) is -1.23. The molecule has 9 nitrogen and oxygen atoms in total. The third-order valence-electron chi connectivity index (χ3n) is 4.89. The molecular weight excluding hydrogens is 439 g/mol. The second kappa shape index (κ2) is 8.88. The number of anilines is 1. The van der Waals surface area contributed by atoms with Gasteiger partial charge < -0.3 is 15.0 Å². The van der Waals surface area contributed by atoms with Crippen LogP contribution in [0, 0.1) is 0 Å². The van der Waals surface area contributed by atoms with Crippen LogP contribution >= 0.6 is 0 Å². The first kappa shape index (κ1) is 22.2. The van der Waals surface area contributed by atoms with Gasteiger partial charge in [-0.1, -0.05) is 13.3 Å². The lowest BCUT2D eigenvalue weighted by Crippen LogP contribution is -2.21. The van der Waals surface area contributed by atoms with E-state index < -0.39 is 23.3 Å². The van der Waals surface area contributed by atoms with E-state index in [0.717, 1.165) is 31.3 Å². The summed E-state index contributed by atoms with van der Waals surface area (Å²) in [4.78, 5) is 20.4. The number of amides is 1. The zero-order valence-electron chi connectivity index (χ0n) is 17.8. The molecule has 0 fully saturated rings. The molecule has 0 saturated heterocycles. The van der Waals surface area contributed by atoms with Gasteiger partial charge in [0, 0.05) is 18.2 Å². The lowest BCUT2D eigenvalue weighted by Gasteiger charge is -2.12. The number of aryl methyl sites for hydroxylation is 1. The van der Waals surface area contributed by atoms with Gasteiger partial charge in [-0.3, -0.25) is 4.79 Å². The Hall–Kier alpha value is -3.96. The van der Waals surface area contributed by atoms with E-state index >= 15 is 0 Å². The molecule has 0 aliphatic carbocycles. The Kier molecular flexibility index (Phi) is 5.99. The normalized spacial score (nSPS) is 11.7. The second-order valence-electron chi connectivity index (χ2n) is 7.22. The number of aromatic nitrogens is 6. The van der Waals surface area contributed by atoms with Crippen molar-refractivity contribution < 1.29 is 22.7 Å². The van der Waals surface area contributed by atoms with Crippen LogP contribution in [0.2, 0.25) is 0 Å². The van der Waals surface area contributed by atoms with Gasteiger partial charge in [0.15, 0.2) is 11.5 Å². The zero-order chi connectivity index (χ0) is 23.6. The van der Waals surface area contributed by atoms with E-state index in [1.807, 2.05) is 0 Å². The van der Waals surface area contributed by atoms with Crippen LogP contribution < -0.4 is 10.1 Å². The van der Waals surface area contributed by atoms with Crippen LogP contribution in [-0.4, -0.2) is 43.0 Å². The quantitative estimate of drug-likeness (QED) is 0.429. The molecular formula is C21H20F3N7O2. The van der Waals surface area contributed by atoms with Gasteiger partial charge in [-0.15, -0.1) is 10.2 Å². The van der Waals surface area contributed by atoms with Gasteiger partial charge in [0.25, 0.3) is 5.91 Å². The SMILES string of the molecule is CCCCc1nc2ccc(NC(=O)c3cnn(-c4ccc(OC)nn4)c3C(F)(F)F)cc2[nH]1. The van der Waals surface area contributed by atoms with E-state index in [4.69, 9.17) is 4.74 Å². The Balaban J connectivity index is 1.63. The van der Waals surface area contributed by atoms with Crippen molar-refractivity contribution in [3.8, 4) is 11.7 Å². The third kappa shape index (κ3) is 4.64. The number of hydrogen-bond donors (Lipinski definition) is 2. The van der Waals surface area contributed by atoms with Crippen LogP contribution in [0.1, 0.15) is 41.6 Å². The van der Waals surface area contributed by atoms with Crippen molar-refractivity contribution in [1.29, 1.82) is 0 Å². The molecule has 0 aliphatic heterocycles. The fraction of sp³-hybridized carbons (Fsp3) is 0.286. The Morgan fingerprint density at radius 1 is 1.21 bits per heavy atom. The average molecular weight is 459 g/mol. The number of H-pyrrole nitrogens is 1. The van der Waals surface area contributed by atoms with Gasteiger partial charge in [0.2, 0.25) is 5.88 Å². The van der Waals surface area contributed by atoms with Crippen LogP contribution in [0.3, 0.4) is 0 Å². The molecule has 33 heavy (non-hydrogen) atoms. The number of halogens is 3. The number of nitrogens with one attached hydrogen (secondary N) is 2. The van der Waals surface area contributed by atoms with Crippen molar-refractivity contribution in [2.45, 2.75) is 32.4 Å². The first-order chi connectivity index (χ1) is 15.8. The monoisotopic (exact) mass is 459 g/mol. The number of fused-ring (bicyclic) bond motifs is 1. The van der Waals surface area contributed by atoms with Crippen molar-refractivity contribution in [3.63, 3.8) is 0 Å². The molecule has 3 aromatic heterocycles. The summed E-state index contributed by atoms with van der Waals surface area (Å²) in [5.74, 6) is -0.221. The molecule has 2 N–H and O–H groups in total. The fourth-order valence-electron chi connectivity index (χ4n) is 3.30. The number of unbranched alkanes of at least 4 members (excludes halogenated alkanes) is 1. The number of nitrogens with zero attached hydrogens (tertiary/aromatic N) is 5. The summed E-state index contributed by atoms with van der Waals surface area (Å²) in [5.41, 5.74) is -0.194. The molecule has 0 aliphatic rings. The summed E-state index contributed by atoms with van der Waals surface area (Å²) in [7, 11) is 1.35. The molecule has 1 amide bonds. The number of imidazole rings is 1. The van der Waals surface area contributed by atoms with Crippen molar-refractivity contribution in [2.24, 2.45) is 0 Å². The molecule has 3 heterocycles. The van der Waals surface area contributed by atoms with Gasteiger partial charge in [0.1, 0.15) is 5.82 Å². The number of methoxy groups -OCH3 is 1. The lowest BCUT2D eigenvalue weighted by molar-refractivity contribution is -0.143. The van der Waals surface area contributed by atoms with Gasteiger partial charge in [-0.2, -0.15) is 18.3 Å². The highest BCUT2D eigenvalue weighted by atomic mass is 19.4. The Bertz CT molecular complexity index is 1280. The summed E-state index contributed by atoms with van der Waals surface area (Å²) in [6.45, 7) is 2.08. The maximum Gasteiger partial charge on any atom is 0.434 e. The highest BCUT2D eigenvalue weighted by Gasteiger charge is 2.41. The van der Waals surface area contributed by atoms with Gasteiger partial charge in [-0.05, 0) is 30.7 Å².